The van der Waals surface area contributed by atoms with Crippen molar-refractivity contribution in [2.75, 3.05) is 18.1 Å². The highest BCUT2D eigenvalue weighted by atomic mass is 32.2. The van der Waals surface area contributed by atoms with Gasteiger partial charge in [0, 0.05) is 22.8 Å². The number of nitrogens with two attached hydrogens (primary N) is 1. The number of carbonyl (C=O) groups excluding carboxylic acids is 2. The number of allylic oxidation sites excluding steroid dienone is 1. The second kappa shape index (κ2) is 11.9. The maximum Gasteiger partial charge on any atom is 0.352 e. The molecule has 222 valence electrons. The minimum Gasteiger partial charge on any atom is -0.504 e. The molecule has 2 aliphatic rings. The zero-order valence-electron chi connectivity index (χ0n) is 21.5. The number of aliphatic carboxylic acids is 2. The molecular weight excluding hydrogens is 608 g/mol. The van der Waals surface area contributed by atoms with Crippen molar-refractivity contribution in [1.82, 2.24) is 20.4 Å². The molecule has 0 spiro atoms. The zero-order chi connectivity index (χ0) is 30.8. The summed E-state index contributed by atoms with van der Waals surface area (Å²) in [7, 11) is 0. The molecule has 2 atom stereocenters. The number of rotatable bonds is 10. The third-order valence-corrected chi connectivity index (χ3v) is 8.03. The van der Waals surface area contributed by atoms with Crippen LogP contribution in [0.1, 0.15) is 11.5 Å². The van der Waals surface area contributed by atoms with Gasteiger partial charge in [-0.3, -0.25) is 14.5 Å². The van der Waals surface area contributed by atoms with E-state index in [1.807, 2.05) is 0 Å². The van der Waals surface area contributed by atoms with E-state index in [0.717, 1.165) is 16.2 Å². The van der Waals surface area contributed by atoms with E-state index in [-0.39, 0.29) is 39.5 Å². The summed E-state index contributed by atoms with van der Waals surface area (Å²) < 4.78 is 5.27. The number of phenolic OH excluding ortho intramolecular Hbond substituents is 2. The number of nitrogens with one attached hydrogen (secondary N) is 1. The Kier molecular flexibility index (Phi) is 8.04. The fraction of sp³-hybridized carbons (Fsp3) is 0.160. The predicted molar refractivity (Wildman–Crippen MR) is 151 cm³/mol. The van der Waals surface area contributed by atoms with Crippen LogP contribution < -0.4 is 11.1 Å². The number of nitrogens with zero attached hydrogens (tertiary/aromatic N) is 4. The number of anilines is 1. The van der Waals surface area contributed by atoms with Crippen LogP contribution in [0.15, 0.2) is 56.7 Å². The summed E-state index contributed by atoms with van der Waals surface area (Å²) in [6.07, 6.45) is 2.94. The topological polar surface area (TPSA) is 251 Å². The summed E-state index contributed by atoms with van der Waals surface area (Å²) in [4.78, 5) is 58.8. The molecule has 0 bridgehead atoms. The highest BCUT2D eigenvalue weighted by Gasteiger charge is 2.54. The number of aromatic nitrogens is 2. The van der Waals surface area contributed by atoms with Crippen molar-refractivity contribution in [2.24, 2.45) is 5.16 Å². The molecule has 2 aliphatic heterocycles. The number of carboxylic acids is 2. The molecule has 2 aromatic heterocycles. The van der Waals surface area contributed by atoms with Crippen LogP contribution in [-0.2, 0) is 24.0 Å². The Morgan fingerprint density at radius 1 is 1.21 bits per heavy atom. The smallest absolute Gasteiger partial charge is 0.352 e. The van der Waals surface area contributed by atoms with Gasteiger partial charge < -0.3 is 40.8 Å². The normalized spacial score (nSPS) is 18.4. The van der Waals surface area contributed by atoms with Crippen molar-refractivity contribution in [3.8, 4) is 22.8 Å². The number of amides is 2. The number of carbonyl (C=O) groups is 4. The first-order valence-corrected chi connectivity index (χ1v) is 14.0. The number of hydrogen-bond acceptors (Lipinski definition) is 14. The summed E-state index contributed by atoms with van der Waals surface area (Å²) in [6.45, 7) is -0.830. The molecule has 4 heterocycles. The monoisotopic (exact) mass is 628 g/mol. The average molecular weight is 629 g/mol. The van der Waals surface area contributed by atoms with E-state index in [0.29, 0.717) is 16.8 Å². The van der Waals surface area contributed by atoms with E-state index < -0.39 is 47.5 Å². The van der Waals surface area contributed by atoms with Crippen LogP contribution in [0.3, 0.4) is 0 Å². The Hall–Kier alpha value is -5.36. The van der Waals surface area contributed by atoms with Gasteiger partial charge in [0.1, 0.15) is 28.5 Å². The van der Waals surface area contributed by atoms with Crippen LogP contribution in [0.4, 0.5) is 5.13 Å². The number of carboxylic acid groups (broad SMARTS) is 2. The number of β-lactam (4-membered cyclic amide) rings is 1. The van der Waals surface area contributed by atoms with Crippen molar-refractivity contribution < 1.29 is 49.0 Å². The van der Waals surface area contributed by atoms with Crippen molar-refractivity contribution in [1.29, 1.82) is 0 Å². The summed E-state index contributed by atoms with van der Waals surface area (Å²) in [5, 5.41) is 48.7. The predicted octanol–water partition coefficient (Wildman–Crippen LogP) is 1.05. The van der Waals surface area contributed by atoms with Gasteiger partial charge in [-0.05, 0) is 29.8 Å². The van der Waals surface area contributed by atoms with Crippen LogP contribution in [0.5, 0.6) is 11.5 Å². The van der Waals surface area contributed by atoms with Crippen LogP contribution in [0.2, 0.25) is 0 Å². The molecule has 43 heavy (non-hydrogen) atoms. The molecule has 0 unspecified atom stereocenters. The summed E-state index contributed by atoms with van der Waals surface area (Å²) in [6, 6.07) is 4.55. The van der Waals surface area contributed by atoms with Crippen molar-refractivity contribution in [3.05, 3.63) is 58.4 Å². The Morgan fingerprint density at radius 3 is 2.67 bits per heavy atom. The number of nitrogen functional groups attached to an aromatic ring is 1. The van der Waals surface area contributed by atoms with Gasteiger partial charge in [-0.25, -0.2) is 14.6 Å². The van der Waals surface area contributed by atoms with Crippen LogP contribution in [-0.4, -0.2) is 88.7 Å². The average Bonchev–Trinajstić information content (AvgIpc) is 3.62. The van der Waals surface area contributed by atoms with E-state index in [4.69, 9.17) is 20.2 Å². The lowest BCUT2D eigenvalue weighted by molar-refractivity contribution is -0.150. The molecule has 5 rings (SSSR count). The number of aromatic hydroxyl groups is 2. The van der Waals surface area contributed by atoms with Crippen LogP contribution in [0.25, 0.3) is 17.3 Å². The molecule has 3 aromatic rings. The number of hydrogen-bond donors (Lipinski definition) is 6. The molecular formula is C25H20N6O10S2. The number of fused-ring (bicyclic) bond motifs is 1. The molecule has 0 saturated carbocycles. The maximum atomic E-state index is 13.1. The number of thiazole rings is 1. The summed E-state index contributed by atoms with van der Waals surface area (Å²) in [5.74, 6) is -4.48. The molecule has 1 saturated heterocycles. The number of benzene rings is 1. The largest absolute Gasteiger partial charge is 0.504 e. The van der Waals surface area contributed by atoms with Gasteiger partial charge in [-0.2, -0.15) is 0 Å². The second-order valence-corrected chi connectivity index (χ2v) is 10.9. The second-order valence-electron chi connectivity index (χ2n) is 8.87. The van der Waals surface area contributed by atoms with Crippen LogP contribution in [0, 0.1) is 0 Å². The van der Waals surface area contributed by atoms with Crippen molar-refractivity contribution in [2.45, 2.75) is 11.4 Å². The van der Waals surface area contributed by atoms with Gasteiger partial charge in [0.05, 0.1) is 0 Å². The minimum absolute atomic E-state index is 0.00152. The Morgan fingerprint density at radius 2 is 2.00 bits per heavy atom. The lowest BCUT2D eigenvalue weighted by atomic mass is 10.0. The van der Waals surface area contributed by atoms with Crippen molar-refractivity contribution in [3.63, 3.8) is 0 Å². The van der Waals surface area contributed by atoms with E-state index >= 15 is 0 Å². The quantitative estimate of drug-likeness (QED) is 0.0795. The number of oxime groups is 1. The Balaban J connectivity index is 1.32. The van der Waals surface area contributed by atoms with Gasteiger partial charge in [0.2, 0.25) is 6.61 Å². The van der Waals surface area contributed by atoms with Gasteiger partial charge in [-0.1, -0.05) is 16.4 Å². The Bertz CT molecular complexity index is 1730. The molecule has 1 aromatic carbocycles. The first kappa shape index (κ1) is 29.1. The number of thioether (sulfide) groups is 1. The Labute approximate surface area is 248 Å². The molecule has 0 radical (unpaired) electrons. The molecule has 1 fully saturated rings. The van der Waals surface area contributed by atoms with E-state index in [2.05, 4.69) is 20.6 Å². The molecule has 18 heteroatoms. The first-order valence-electron chi connectivity index (χ1n) is 12.1. The van der Waals surface area contributed by atoms with E-state index in [1.54, 1.807) is 0 Å². The first-order chi connectivity index (χ1) is 20.5. The van der Waals surface area contributed by atoms with Gasteiger partial charge >= 0.3 is 11.9 Å². The van der Waals surface area contributed by atoms with Gasteiger partial charge in [-0.15, -0.1) is 23.1 Å². The zero-order valence-corrected chi connectivity index (χ0v) is 23.2. The minimum atomic E-state index is -1.36. The maximum absolute atomic E-state index is 13.1. The molecule has 2 amide bonds. The van der Waals surface area contributed by atoms with E-state index in [1.165, 1.54) is 53.6 Å². The summed E-state index contributed by atoms with van der Waals surface area (Å²) in [5.41, 5.74) is 6.07. The van der Waals surface area contributed by atoms with Crippen molar-refractivity contribution >= 4 is 63.8 Å². The highest BCUT2D eigenvalue weighted by molar-refractivity contribution is 8.00. The standard InChI is InChI=1S/C25H20N6O10S2/c26-25-27-14(9-43-25)18(30-40-7-17(34)35)21(36)28-19-22(37)31-20(24(38)39)11(8-42-23(19)31)1-3-12-6-13(29-41-12)10-2-4-15(32)16(33)5-10/h1-6,9,19,23,32-33H,7-8H2,(H2,26,27)(H,28,36)(H,34,35)(H,38,39)/b3-1+,30-18+/t19-,23-/m1/s1. The van der Waals surface area contributed by atoms with Gasteiger partial charge in [0.25, 0.3) is 11.8 Å². The SMILES string of the molecule is Nc1nc(/C(=N\OCC(=O)O)C(=O)N[C@@H]2C(=O)N3C(C(=O)O)=C(/C=C/c4cc(-c5ccc(O)c(O)c5)no4)CS[C@H]23)cs1. The summed E-state index contributed by atoms with van der Waals surface area (Å²) >= 11 is 2.21. The molecule has 16 nitrogen and oxygen atoms in total. The highest BCUT2D eigenvalue weighted by Crippen LogP contribution is 2.41. The fourth-order valence-electron chi connectivity index (χ4n) is 4.10. The third kappa shape index (κ3) is 5.99. The third-order valence-electron chi connectivity index (χ3n) is 6.06. The lowest BCUT2D eigenvalue weighted by Crippen LogP contribution is -2.71. The van der Waals surface area contributed by atoms with Gasteiger partial charge in [0.15, 0.2) is 28.1 Å². The van der Waals surface area contributed by atoms with Crippen LogP contribution >= 0.6 is 23.1 Å². The molecule has 0 aliphatic carbocycles. The van der Waals surface area contributed by atoms with E-state index in [9.17, 15) is 34.5 Å². The number of phenols is 2. The molecule has 7 N–H and O–H groups in total. The lowest BCUT2D eigenvalue weighted by Gasteiger charge is -2.49. The fourth-order valence-corrected chi connectivity index (χ4v) is 5.97.